The molecule has 0 aromatic heterocycles. The van der Waals surface area contributed by atoms with E-state index in [9.17, 15) is 166 Å². The van der Waals surface area contributed by atoms with Crippen molar-refractivity contribution in [3.63, 3.8) is 0 Å². The lowest BCUT2D eigenvalue weighted by Gasteiger charge is -2.42. The molecule has 624 valence electrons. The van der Waals surface area contributed by atoms with Gasteiger partial charge in [-0.15, -0.1) is 0 Å². The van der Waals surface area contributed by atoms with E-state index < -0.39 is 300 Å². The highest BCUT2D eigenvalue weighted by molar-refractivity contribution is 7.52. The molecule has 106 heavy (non-hydrogen) atoms. The summed E-state index contributed by atoms with van der Waals surface area (Å²) in [5, 5.41) is 283. The maximum Gasteiger partial charge on any atom is 0.342 e. The second kappa shape index (κ2) is 47.2. The van der Waals surface area contributed by atoms with Gasteiger partial charge in [-0.25, -0.2) is 0 Å². The van der Waals surface area contributed by atoms with E-state index in [1.807, 2.05) is 0 Å². The number of methoxy groups -OCH3 is 2. The first-order chi connectivity index (χ1) is 49.9. The molecular formula is C57H110N7O41P. The first-order valence-corrected chi connectivity index (χ1v) is 34.9. The Morgan fingerprint density at radius 3 is 1.01 bits per heavy atom. The quantitative estimate of drug-likeness (QED) is 0.0199. The molecule has 0 bridgehead atoms. The van der Waals surface area contributed by atoms with Crippen molar-refractivity contribution in [1.82, 2.24) is 36.0 Å². The van der Waals surface area contributed by atoms with Crippen molar-refractivity contribution in [2.24, 2.45) is 5.41 Å². The number of nitrogens with one attached hydrogen (secondary N) is 4. The Hall–Kier alpha value is -3.45. The third-order valence-electron chi connectivity index (χ3n) is 17.8. The van der Waals surface area contributed by atoms with E-state index in [0.717, 1.165) is 0 Å². The third kappa shape index (κ3) is 27.7. The zero-order chi connectivity index (χ0) is 80.2. The molecule has 3 rings (SSSR count). The zero-order valence-electron chi connectivity index (χ0n) is 57.8. The van der Waals surface area contributed by atoms with Gasteiger partial charge < -0.3 is 202 Å². The lowest BCUT2D eigenvalue weighted by atomic mass is 9.86. The van der Waals surface area contributed by atoms with Crippen LogP contribution in [0.4, 0.5) is 0 Å². The lowest BCUT2D eigenvalue weighted by molar-refractivity contribution is -0.326. The number of nitrogens with zero attached hydrogens (tertiary/aromatic N) is 3. The Balaban J connectivity index is 2.28. The van der Waals surface area contributed by atoms with Gasteiger partial charge in [-0.05, 0) is 6.42 Å². The third-order valence-corrected chi connectivity index (χ3v) is 19.1. The highest BCUT2D eigenvalue weighted by atomic mass is 31.2. The minimum Gasteiger partial charge on any atom is -0.395 e. The normalized spacial score (nSPS) is 29.7. The molecule has 3 heterocycles. The van der Waals surface area contributed by atoms with Gasteiger partial charge in [-0.1, -0.05) is 0 Å². The second-order valence-electron chi connectivity index (χ2n) is 25.5. The van der Waals surface area contributed by atoms with Gasteiger partial charge in [0.05, 0.1) is 52.9 Å². The molecule has 49 heteroatoms. The van der Waals surface area contributed by atoms with Crippen molar-refractivity contribution in [1.29, 1.82) is 0 Å². The summed E-state index contributed by atoms with van der Waals surface area (Å²) in [6.45, 7) is -13.6. The summed E-state index contributed by atoms with van der Waals surface area (Å²) < 4.78 is 55.8. The number of rotatable bonds is 51. The highest BCUT2D eigenvalue weighted by Gasteiger charge is 2.52. The lowest BCUT2D eigenvalue weighted by Crippen LogP contribution is -2.63. The molecule has 48 nitrogen and oxygen atoms in total. The molecule has 3 saturated heterocycles. The summed E-state index contributed by atoms with van der Waals surface area (Å²) >= 11 is 0. The largest absolute Gasteiger partial charge is 0.395 e. The molecule has 0 aromatic rings. The van der Waals surface area contributed by atoms with Crippen LogP contribution in [0, 0.1) is 5.41 Å². The van der Waals surface area contributed by atoms with Crippen molar-refractivity contribution >= 4 is 31.2 Å². The number of carbonyl (C=O) groups is 4. The van der Waals surface area contributed by atoms with Gasteiger partial charge in [0.1, 0.15) is 147 Å². The van der Waals surface area contributed by atoms with Crippen molar-refractivity contribution in [3.8, 4) is 0 Å². The van der Waals surface area contributed by atoms with Crippen LogP contribution in [0.5, 0.6) is 0 Å². The number of aliphatic hydroxyl groups excluding tert-OH is 26. The van der Waals surface area contributed by atoms with E-state index in [1.165, 1.54) is 19.1 Å². The van der Waals surface area contributed by atoms with Gasteiger partial charge in [0.15, 0.2) is 37.2 Å². The Morgan fingerprint density at radius 1 is 0.434 bits per heavy atom. The molecule has 0 aliphatic carbocycles. The summed E-state index contributed by atoms with van der Waals surface area (Å²) in [7, 11) is -2.65. The second-order valence-corrected chi connectivity index (χ2v) is 27.3. The minimum atomic E-state index is -5.35. The zero-order valence-corrected chi connectivity index (χ0v) is 58.7. The van der Waals surface area contributed by atoms with Gasteiger partial charge in [-0.2, -0.15) is 0 Å². The van der Waals surface area contributed by atoms with Crippen molar-refractivity contribution in [3.05, 3.63) is 0 Å². The predicted octanol–water partition coefficient (Wildman–Crippen LogP) is -20.4. The molecule has 28 atom stereocenters. The van der Waals surface area contributed by atoms with E-state index in [0.29, 0.717) is 0 Å². The number of hydrogen-bond acceptors (Lipinski definition) is 42. The molecule has 0 spiro atoms. The van der Waals surface area contributed by atoms with Crippen LogP contribution < -0.4 is 21.3 Å². The van der Waals surface area contributed by atoms with Gasteiger partial charge >= 0.3 is 7.60 Å². The Bertz CT molecular complexity index is 2350. The van der Waals surface area contributed by atoms with Crippen molar-refractivity contribution in [2.75, 3.05) is 146 Å². The number of carbonyl (C=O) groups excluding carboxylic acids is 4. The van der Waals surface area contributed by atoms with Gasteiger partial charge in [0, 0.05) is 91.5 Å². The van der Waals surface area contributed by atoms with E-state index in [1.54, 1.807) is 9.80 Å². The van der Waals surface area contributed by atoms with Gasteiger partial charge in [0.2, 0.25) is 5.91 Å². The van der Waals surface area contributed by atoms with E-state index in [-0.39, 0.29) is 52.7 Å². The molecule has 0 aromatic carbocycles. The average Bonchev–Trinajstić information content (AvgIpc) is 0.830. The topological polar surface area (TPSA) is 783 Å². The summed E-state index contributed by atoms with van der Waals surface area (Å²) in [5.41, 5.74) is -2.52. The van der Waals surface area contributed by atoms with Crippen LogP contribution in [0.3, 0.4) is 0 Å². The molecular weight excluding hydrogens is 1470 g/mol. The fourth-order valence-corrected chi connectivity index (χ4v) is 12.4. The molecule has 28 unspecified atom stereocenters. The summed E-state index contributed by atoms with van der Waals surface area (Å²) in [6.07, 6.45) is -64.5. The molecule has 0 radical (unpaired) electrons. The summed E-state index contributed by atoms with van der Waals surface area (Å²) in [6, 6.07) is 0. The maximum atomic E-state index is 14.4. The van der Waals surface area contributed by atoms with Crippen LogP contribution in [-0.4, -0.2) is 498 Å². The number of ether oxygens (including phenoxy) is 8. The Kier molecular flexibility index (Phi) is 43.0. The van der Waals surface area contributed by atoms with Crippen molar-refractivity contribution in [2.45, 2.75) is 184 Å². The van der Waals surface area contributed by atoms with Gasteiger partial charge in [0.25, 0.3) is 17.7 Å². The Morgan fingerprint density at radius 2 is 0.736 bits per heavy atom. The van der Waals surface area contributed by atoms with E-state index in [4.69, 9.17) is 37.9 Å². The minimum absolute atomic E-state index is 0.00489. The van der Waals surface area contributed by atoms with Crippen LogP contribution >= 0.6 is 7.60 Å². The van der Waals surface area contributed by atoms with Crippen LogP contribution in [0.1, 0.15) is 12.8 Å². The summed E-state index contributed by atoms with van der Waals surface area (Å²) in [5.74, 6) is -8.44. The molecule has 3 fully saturated rings. The first-order valence-electron chi connectivity index (χ1n) is 33.3. The SMILES string of the molecule is COCN(CCN(CCN(CCO)CCO)C(CCC(=O)NCC(CNC(=O)C(O)C(O)C(OC1OC(CO)C(O)C(O)C1O)C(O)CO)(CNC(=O)C(O)C(O)C(OC1OC(CO)C(O)C(O)C1O)C(O)CO)CNC(=O)C(O)C(O)C(OC1OC(CO)C(O)C(O)C1O)C(O)CO)P(=O)(O)O)COC. The van der Waals surface area contributed by atoms with Gasteiger partial charge in [-0.3, -0.25) is 38.4 Å². The van der Waals surface area contributed by atoms with E-state index in [2.05, 4.69) is 21.3 Å². The highest BCUT2D eigenvalue weighted by Crippen LogP contribution is 2.45. The Labute approximate surface area is 605 Å². The molecule has 3 aliphatic heterocycles. The number of amides is 4. The number of hydrogen-bond donors (Lipinski definition) is 32. The standard InChI is InChI=1S/C57H110N7O41P/c1-98-23-63(24-99-2)6-8-64(7-5-62(9-11-65)10-12-66)32(106(95,96)97)4-3-31(76)58-19-57(20-59-51(92)42(86)39(83)48(25(73)13-67)103-54-45(89)36(80)33(77)28(16-70)100-54,21-60-52(93)43(87)40(84)49(26(74)14-68)104-55-46(90)37(81)34(78)29(17-71)101-55)22-61-53(94)44(88)41(85)50(27(75)15-69)105-56-47(91)38(82)35(79)30(18-72)102-56/h25-30,32-50,54-56,65-75,77-91H,3-24H2,1-2H3,(H,58,76)(H,59,92)(H,60,93)(H,61,94)(H2,95,96,97). The molecule has 0 saturated carbocycles. The van der Waals surface area contributed by atoms with Crippen LogP contribution in [-0.2, 0) is 61.6 Å². The monoisotopic (exact) mass is 1580 g/mol. The fraction of sp³-hybridized carbons (Fsp3) is 0.930. The maximum absolute atomic E-state index is 14.4. The molecule has 3 aliphatic rings. The van der Waals surface area contributed by atoms with Crippen molar-refractivity contribution < 1.29 is 204 Å². The van der Waals surface area contributed by atoms with E-state index >= 15 is 0 Å². The molecule has 4 amide bonds. The average molecular weight is 1580 g/mol. The number of aliphatic hydroxyl groups is 26. The van der Waals surface area contributed by atoms with Crippen LogP contribution in [0.2, 0.25) is 0 Å². The van der Waals surface area contributed by atoms with Crippen LogP contribution in [0.25, 0.3) is 0 Å². The summed E-state index contributed by atoms with van der Waals surface area (Å²) in [4.78, 5) is 83.4. The fourth-order valence-electron chi connectivity index (χ4n) is 11.3. The first kappa shape index (κ1) is 96.7. The predicted molar refractivity (Wildman–Crippen MR) is 343 cm³/mol. The smallest absolute Gasteiger partial charge is 0.342 e. The molecule has 32 N–H and O–H groups in total. The van der Waals surface area contributed by atoms with Crippen LogP contribution in [0.15, 0.2) is 0 Å².